The van der Waals surface area contributed by atoms with E-state index in [1.807, 2.05) is 0 Å². The SMILES string of the molecule is C[C@@H](OC(=O)CCN1C(=O)c2cccc([N+](=O)[O-])c2C1=O)C(=O)NC1CCCC1. The lowest BCUT2D eigenvalue weighted by molar-refractivity contribution is -0.385. The molecular formula is C19H21N3O7. The summed E-state index contributed by atoms with van der Waals surface area (Å²) in [6.45, 7) is 1.16. The first kappa shape index (κ1) is 20.4. The average Bonchev–Trinajstić information content (AvgIpc) is 3.27. The largest absolute Gasteiger partial charge is 0.452 e. The molecule has 1 heterocycles. The maximum Gasteiger partial charge on any atom is 0.308 e. The molecule has 1 aliphatic heterocycles. The average molecular weight is 403 g/mol. The van der Waals surface area contributed by atoms with Crippen LogP contribution in [0, 0.1) is 10.1 Å². The molecule has 29 heavy (non-hydrogen) atoms. The zero-order chi connectivity index (χ0) is 21.1. The maximum absolute atomic E-state index is 12.5. The fourth-order valence-corrected chi connectivity index (χ4v) is 3.57. The summed E-state index contributed by atoms with van der Waals surface area (Å²) in [6.07, 6.45) is 2.60. The van der Waals surface area contributed by atoms with Crippen LogP contribution in [0.4, 0.5) is 5.69 Å². The maximum atomic E-state index is 12.5. The number of nitrogens with zero attached hydrogens (tertiary/aromatic N) is 2. The quantitative estimate of drug-likeness (QED) is 0.316. The van der Waals surface area contributed by atoms with Crippen molar-refractivity contribution in [3.63, 3.8) is 0 Å². The Kier molecular flexibility index (Phi) is 5.90. The fraction of sp³-hybridized carbons (Fsp3) is 0.474. The summed E-state index contributed by atoms with van der Waals surface area (Å²) in [5.74, 6) is -2.66. The van der Waals surface area contributed by atoms with Crippen molar-refractivity contribution in [2.45, 2.75) is 51.2 Å². The van der Waals surface area contributed by atoms with Gasteiger partial charge in [0.25, 0.3) is 23.4 Å². The molecule has 1 aliphatic carbocycles. The molecule has 10 nitrogen and oxygen atoms in total. The Morgan fingerprint density at radius 2 is 1.97 bits per heavy atom. The van der Waals surface area contributed by atoms with Crippen molar-refractivity contribution in [3.05, 3.63) is 39.4 Å². The lowest BCUT2D eigenvalue weighted by Gasteiger charge is -2.18. The number of ether oxygens (including phenoxy) is 1. The topological polar surface area (TPSA) is 136 Å². The lowest BCUT2D eigenvalue weighted by atomic mass is 10.1. The number of hydrogen-bond donors (Lipinski definition) is 1. The molecule has 2 aliphatic rings. The van der Waals surface area contributed by atoms with Crippen LogP contribution in [0.3, 0.4) is 0 Å². The van der Waals surface area contributed by atoms with E-state index in [2.05, 4.69) is 5.32 Å². The number of esters is 1. The Hall–Kier alpha value is -3.30. The van der Waals surface area contributed by atoms with E-state index >= 15 is 0 Å². The molecule has 0 spiro atoms. The molecule has 1 aromatic carbocycles. The highest BCUT2D eigenvalue weighted by atomic mass is 16.6. The number of imide groups is 1. The smallest absolute Gasteiger partial charge is 0.308 e. The minimum absolute atomic E-state index is 0.0677. The van der Waals surface area contributed by atoms with Gasteiger partial charge in [0.15, 0.2) is 6.10 Å². The number of nitro benzene ring substituents is 1. The van der Waals surface area contributed by atoms with Crippen LogP contribution in [0.5, 0.6) is 0 Å². The van der Waals surface area contributed by atoms with Crippen LogP contribution in [-0.2, 0) is 14.3 Å². The molecule has 0 aromatic heterocycles. The molecule has 3 rings (SSSR count). The van der Waals surface area contributed by atoms with E-state index < -0.39 is 34.5 Å². The van der Waals surface area contributed by atoms with Gasteiger partial charge < -0.3 is 10.1 Å². The number of hydrogen-bond acceptors (Lipinski definition) is 7. The first-order chi connectivity index (χ1) is 13.8. The first-order valence-corrected chi connectivity index (χ1v) is 9.43. The van der Waals surface area contributed by atoms with E-state index in [4.69, 9.17) is 4.74 Å². The van der Waals surface area contributed by atoms with Crippen molar-refractivity contribution in [1.29, 1.82) is 0 Å². The Labute approximate surface area is 166 Å². The van der Waals surface area contributed by atoms with Crippen molar-refractivity contribution in [3.8, 4) is 0 Å². The summed E-state index contributed by atoms with van der Waals surface area (Å²) in [5.41, 5.74) is -0.801. The number of fused-ring (bicyclic) bond motifs is 1. The minimum atomic E-state index is -0.994. The van der Waals surface area contributed by atoms with E-state index in [9.17, 15) is 29.3 Å². The number of nitrogens with one attached hydrogen (secondary N) is 1. The summed E-state index contributed by atoms with van der Waals surface area (Å²) in [5, 5.41) is 13.9. The lowest BCUT2D eigenvalue weighted by Crippen LogP contribution is -2.41. The van der Waals surface area contributed by atoms with E-state index in [0.717, 1.165) is 36.6 Å². The van der Waals surface area contributed by atoms with Gasteiger partial charge in [-0.3, -0.25) is 34.2 Å². The third kappa shape index (κ3) is 4.25. The van der Waals surface area contributed by atoms with E-state index in [1.54, 1.807) is 0 Å². The molecule has 0 saturated heterocycles. The van der Waals surface area contributed by atoms with Crippen LogP contribution >= 0.6 is 0 Å². The monoisotopic (exact) mass is 403 g/mol. The zero-order valence-electron chi connectivity index (χ0n) is 15.9. The summed E-state index contributed by atoms with van der Waals surface area (Å²) < 4.78 is 5.08. The normalized spacial score (nSPS) is 17.2. The predicted molar refractivity (Wildman–Crippen MR) is 99.0 cm³/mol. The van der Waals surface area contributed by atoms with Gasteiger partial charge >= 0.3 is 5.97 Å². The highest BCUT2D eigenvalue weighted by molar-refractivity contribution is 6.23. The minimum Gasteiger partial charge on any atom is -0.452 e. The number of rotatable bonds is 7. The van der Waals surface area contributed by atoms with Gasteiger partial charge in [-0.15, -0.1) is 0 Å². The Balaban J connectivity index is 1.55. The van der Waals surface area contributed by atoms with Crippen molar-refractivity contribution in [1.82, 2.24) is 10.2 Å². The van der Waals surface area contributed by atoms with Gasteiger partial charge in [0.05, 0.1) is 16.9 Å². The van der Waals surface area contributed by atoms with Crippen LogP contribution < -0.4 is 5.32 Å². The summed E-state index contributed by atoms with van der Waals surface area (Å²) >= 11 is 0. The molecule has 1 aromatic rings. The van der Waals surface area contributed by atoms with Crippen LogP contribution in [0.25, 0.3) is 0 Å². The fourth-order valence-electron chi connectivity index (χ4n) is 3.57. The van der Waals surface area contributed by atoms with Gasteiger partial charge in [-0.05, 0) is 25.8 Å². The van der Waals surface area contributed by atoms with Gasteiger partial charge in [0.2, 0.25) is 0 Å². The molecular weight excluding hydrogens is 382 g/mol. The molecule has 0 unspecified atom stereocenters. The van der Waals surface area contributed by atoms with Crippen molar-refractivity contribution < 1.29 is 28.8 Å². The van der Waals surface area contributed by atoms with Gasteiger partial charge in [0.1, 0.15) is 5.56 Å². The van der Waals surface area contributed by atoms with Gasteiger partial charge in [0, 0.05) is 18.7 Å². The molecule has 1 N–H and O–H groups in total. The van der Waals surface area contributed by atoms with Crippen molar-refractivity contribution in [2.75, 3.05) is 6.54 Å². The van der Waals surface area contributed by atoms with Gasteiger partial charge in [-0.25, -0.2) is 0 Å². The van der Waals surface area contributed by atoms with Crippen LogP contribution in [-0.4, -0.2) is 52.2 Å². The second-order valence-corrected chi connectivity index (χ2v) is 7.09. The Morgan fingerprint density at radius 1 is 1.28 bits per heavy atom. The number of amides is 3. The standard InChI is InChI=1S/C19H21N3O7/c1-11(17(24)20-12-5-2-3-6-12)29-15(23)9-10-21-18(25)13-7-4-8-14(22(27)28)16(13)19(21)26/h4,7-8,11-12H,2-3,5-6,9-10H2,1H3,(H,20,24)/t11-/m1/s1. The second-order valence-electron chi connectivity index (χ2n) is 7.09. The molecule has 0 radical (unpaired) electrons. The van der Waals surface area contributed by atoms with E-state index in [0.29, 0.717) is 0 Å². The number of carbonyl (C=O) groups is 4. The molecule has 1 saturated carbocycles. The zero-order valence-corrected chi connectivity index (χ0v) is 15.9. The second kappa shape index (κ2) is 8.38. The van der Waals surface area contributed by atoms with Gasteiger partial charge in [-0.2, -0.15) is 0 Å². The molecule has 1 atom stereocenters. The number of nitro groups is 1. The Morgan fingerprint density at radius 3 is 2.62 bits per heavy atom. The third-order valence-corrected chi connectivity index (χ3v) is 5.09. The van der Waals surface area contributed by atoms with Crippen LogP contribution in [0.15, 0.2) is 18.2 Å². The van der Waals surface area contributed by atoms with Crippen molar-refractivity contribution >= 4 is 29.4 Å². The van der Waals surface area contributed by atoms with Gasteiger partial charge in [-0.1, -0.05) is 18.9 Å². The van der Waals surface area contributed by atoms with Crippen LogP contribution in [0.1, 0.15) is 59.7 Å². The van der Waals surface area contributed by atoms with E-state index in [-0.39, 0.29) is 36.0 Å². The predicted octanol–water partition coefficient (Wildman–Crippen LogP) is 1.57. The highest BCUT2D eigenvalue weighted by Crippen LogP contribution is 2.30. The first-order valence-electron chi connectivity index (χ1n) is 9.43. The molecule has 0 bridgehead atoms. The number of benzene rings is 1. The van der Waals surface area contributed by atoms with Crippen molar-refractivity contribution in [2.24, 2.45) is 0 Å². The molecule has 154 valence electrons. The third-order valence-electron chi connectivity index (χ3n) is 5.09. The van der Waals surface area contributed by atoms with Crippen LogP contribution in [0.2, 0.25) is 0 Å². The Bertz CT molecular complexity index is 877. The van der Waals surface area contributed by atoms with E-state index in [1.165, 1.54) is 19.1 Å². The summed E-state index contributed by atoms with van der Waals surface area (Å²) in [4.78, 5) is 60.1. The number of carbonyl (C=O) groups excluding carboxylic acids is 4. The summed E-state index contributed by atoms with van der Waals surface area (Å²) in [7, 11) is 0. The molecule has 3 amide bonds. The summed E-state index contributed by atoms with van der Waals surface area (Å²) in [6, 6.07) is 3.89. The molecule has 10 heteroatoms. The highest BCUT2D eigenvalue weighted by Gasteiger charge is 2.41. The molecule has 1 fully saturated rings.